The highest BCUT2D eigenvalue weighted by Gasteiger charge is 2.07. The molecule has 0 fully saturated rings. The molecule has 0 radical (unpaired) electrons. The Hall–Kier alpha value is -2.07. The van der Waals surface area contributed by atoms with Crippen LogP contribution in [0, 0.1) is 6.92 Å². The molecule has 0 aliphatic carbocycles. The van der Waals surface area contributed by atoms with E-state index < -0.39 is 0 Å². The summed E-state index contributed by atoms with van der Waals surface area (Å²) >= 11 is 0. The highest BCUT2D eigenvalue weighted by molar-refractivity contribution is 5.37. The van der Waals surface area contributed by atoms with Gasteiger partial charge in [-0.05, 0) is 43.7 Å². The molecule has 4 nitrogen and oxygen atoms in total. The summed E-state index contributed by atoms with van der Waals surface area (Å²) in [6, 6.07) is 9.96. The van der Waals surface area contributed by atoms with Crippen molar-refractivity contribution in [1.29, 1.82) is 0 Å². The van der Waals surface area contributed by atoms with Crippen molar-refractivity contribution in [2.45, 2.75) is 20.0 Å². The zero-order valence-electron chi connectivity index (χ0n) is 11.9. The molecule has 0 aliphatic rings. The predicted molar refractivity (Wildman–Crippen MR) is 79.1 cm³/mol. The molecule has 0 unspecified atom stereocenters. The molecule has 106 valence electrons. The SMILES string of the molecule is COc1ncccc1COc1ccc(C)cc1CCN. The van der Waals surface area contributed by atoms with Gasteiger partial charge in [-0.15, -0.1) is 0 Å². The Morgan fingerprint density at radius 2 is 2.05 bits per heavy atom. The summed E-state index contributed by atoms with van der Waals surface area (Å²) in [4.78, 5) is 4.16. The average Bonchev–Trinajstić information content (AvgIpc) is 2.47. The van der Waals surface area contributed by atoms with Crippen LogP contribution < -0.4 is 15.2 Å². The van der Waals surface area contributed by atoms with E-state index in [2.05, 4.69) is 18.0 Å². The van der Waals surface area contributed by atoms with E-state index in [0.29, 0.717) is 19.0 Å². The molecule has 2 aromatic rings. The van der Waals surface area contributed by atoms with Crippen molar-refractivity contribution < 1.29 is 9.47 Å². The van der Waals surface area contributed by atoms with E-state index in [-0.39, 0.29) is 0 Å². The van der Waals surface area contributed by atoms with Crippen LogP contribution in [0.1, 0.15) is 16.7 Å². The third kappa shape index (κ3) is 3.48. The van der Waals surface area contributed by atoms with Crippen LogP contribution in [-0.2, 0) is 13.0 Å². The number of pyridine rings is 1. The number of hydrogen-bond acceptors (Lipinski definition) is 4. The third-order valence-corrected chi connectivity index (χ3v) is 3.06. The standard InChI is InChI=1S/C16H20N2O2/c1-12-5-6-15(13(10-12)7-8-17)20-11-14-4-3-9-18-16(14)19-2/h3-6,9-10H,7-8,11,17H2,1-2H3. The Balaban J connectivity index is 2.14. The summed E-state index contributed by atoms with van der Waals surface area (Å²) in [6.45, 7) is 3.10. The van der Waals surface area contributed by atoms with Gasteiger partial charge < -0.3 is 15.2 Å². The number of hydrogen-bond donors (Lipinski definition) is 1. The smallest absolute Gasteiger partial charge is 0.219 e. The van der Waals surface area contributed by atoms with E-state index in [1.807, 2.05) is 24.3 Å². The van der Waals surface area contributed by atoms with Crippen LogP contribution >= 0.6 is 0 Å². The van der Waals surface area contributed by atoms with Gasteiger partial charge in [0.05, 0.1) is 12.7 Å². The number of benzene rings is 1. The second-order valence-electron chi connectivity index (χ2n) is 4.61. The van der Waals surface area contributed by atoms with Crippen LogP contribution in [-0.4, -0.2) is 18.6 Å². The van der Waals surface area contributed by atoms with Crippen LogP contribution in [0.5, 0.6) is 11.6 Å². The molecule has 1 aromatic carbocycles. The van der Waals surface area contributed by atoms with Gasteiger partial charge in [-0.2, -0.15) is 0 Å². The average molecular weight is 272 g/mol. The van der Waals surface area contributed by atoms with Crippen LogP contribution in [0.3, 0.4) is 0 Å². The fraction of sp³-hybridized carbons (Fsp3) is 0.312. The molecular formula is C16H20N2O2. The number of nitrogens with zero attached hydrogens (tertiary/aromatic N) is 1. The van der Waals surface area contributed by atoms with Crippen molar-refractivity contribution in [1.82, 2.24) is 4.98 Å². The van der Waals surface area contributed by atoms with Crippen molar-refractivity contribution in [3.63, 3.8) is 0 Å². The Kier molecular flexibility index (Phi) is 4.96. The minimum absolute atomic E-state index is 0.428. The normalized spacial score (nSPS) is 10.3. The van der Waals surface area contributed by atoms with Gasteiger partial charge in [-0.25, -0.2) is 4.98 Å². The number of nitrogens with two attached hydrogens (primary N) is 1. The Morgan fingerprint density at radius 1 is 1.20 bits per heavy atom. The van der Waals surface area contributed by atoms with Crippen molar-refractivity contribution >= 4 is 0 Å². The molecule has 0 aliphatic heterocycles. The van der Waals surface area contributed by atoms with E-state index in [0.717, 1.165) is 23.3 Å². The minimum atomic E-state index is 0.428. The van der Waals surface area contributed by atoms with E-state index in [1.165, 1.54) is 5.56 Å². The molecule has 0 amide bonds. The highest BCUT2D eigenvalue weighted by atomic mass is 16.5. The Morgan fingerprint density at radius 3 is 2.80 bits per heavy atom. The van der Waals surface area contributed by atoms with E-state index in [1.54, 1.807) is 13.3 Å². The highest BCUT2D eigenvalue weighted by Crippen LogP contribution is 2.23. The molecule has 0 bridgehead atoms. The number of rotatable bonds is 6. The van der Waals surface area contributed by atoms with Crippen LogP contribution in [0.2, 0.25) is 0 Å². The van der Waals surface area contributed by atoms with Crippen LogP contribution in [0.4, 0.5) is 0 Å². The van der Waals surface area contributed by atoms with E-state index in [9.17, 15) is 0 Å². The van der Waals surface area contributed by atoms with Gasteiger partial charge in [0.25, 0.3) is 0 Å². The second-order valence-corrected chi connectivity index (χ2v) is 4.61. The Labute approximate surface area is 119 Å². The summed E-state index contributed by atoms with van der Waals surface area (Å²) in [7, 11) is 1.61. The van der Waals surface area contributed by atoms with Crippen molar-refractivity contribution in [3.05, 3.63) is 53.2 Å². The number of ether oxygens (including phenoxy) is 2. The monoisotopic (exact) mass is 272 g/mol. The molecule has 2 rings (SSSR count). The summed E-state index contributed by atoms with van der Waals surface area (Å²) < 4.78 is 11.1. The predicted octanol–water partition coefficient (Wildman–Crippen LogP) is 2.48. The summed E-state index contributed by atoms with van der Waals surface area (Å²) in [5, 5.41) is 0. The molecule has 1 heterocycles. The first kappa shape index (κ1) is 14.3. The first-order chi connectivity index (χ1) is 9.74. The van der Waals surface area contributed by atoms with Crippen molar-refractivity contribution in [3.8, 4) is 11.6 Å². The maximum absolute atomic E-state index is 5.90. The topological polar surface area (TPSA) is 57.4 Å². The second kappa shape index (κ2) is 6.91. The lowest BCUT2D eigenvalue weighted by Gasteiger charge is -2.13. The summed E-state index contributed by atoms with van der Waals surface area (Å²) in [5.74, 6) is 1.46. The minimum Gasteiger partial charge on any atom is -0.488 e. The summed E-state index contributed by atoms with van der Waals surface area (Å²) in [5.41, 5.74) is 8.91. The van der Waals surface area contributed by atoms with Gasteiger partial charge in [-0.1, -0.05) is 17.7 Å². The molecule has 2 N–H and O–H groups in total. The largest absolute Gasteiger partial charge is 0.488 e. The molecule has 20 heavy (non-hydrogen) atoms. The maximum atomic E-state index is 5.90. The molecule has 4 heteroatoms. The number of aromatic nitrogens is 1. The van der Waals surface area contributed by atoms with Crippen molar-refractivity contribution in [2.75, 3.05) is 13.7 Å². The van der Waals surface area contributed by atoms with Gasteiger partial charge in [0.15, 0.2) is 0 Å². The van der Waals surface area contributed by atoms with E-state index >= 15 is 0 Å². The quantitative estimate of drug-likeness (QED) is 0.877. The van der Waals surface area contributed by atoms with Crippen LogP contribution in [0.15, 0.2) is 36.5 Å². The molecule has 0 spiro atoms. The zero-order valence-corrected chi connectivity index (χ0v) is 11.9. The molecular weight excluding hydrogens is 252 g/mol. The van der Waals surface area contributed by atoms with E-state index in [4.69, 9.17) is 15.2 Å². The fourth-order valence-electron chi connectivity index (χ4n) is 2.07. The van der Waals surface area contributed by atoms with Gasteiger partial charge in [-0.3, -0.25) is 0 Å². The fourth-order valence-corrected chi connectivity index (χ4v) is 2.07. The summed E-state index contributed by atoms with van der Waals surface area (Å²) in [6.07, 6.45) is 2.51. The number of aryl methyl sites for hydroxylation is 1. The molecule has 1 aromatic heterocycles. The zero-order chi connectivity index (χ0) is 14.4. The third-order valence-electron chi connectivity index (χ3n) is 3.06. The van der Waals surface area contributed by atoms with Gasteiger partial charge in [0.2, 0.25) is 5.88 Å². The first-order valence-electron chi connectivity index (χ1n) is 6.65. The maximum Gasteiger partial charge on any atom is 0.219 e. The van der Waals surface area contributed by atoms with Crippen LogP contribution in [0.25, 0.3) is 0 Å². The number of methoxy groups -OCH3 is 1. The lowest BCUT2D eigenvalue weighted by Crippen LogP contribution is -2.06. The lowest BCUT2D eigenvalue weighted by atomic mass is 10.1. The molecule has 0 atom stereocenters. The van der Waals surface area contributed by atoms with Gasteiger partial charge in [0, 0.05) is 6.20 Å². The molecule has 0 saturated heterocycles. The van der Waals surface area contributed by atoms with Crippen molar-refractivity contribution in [2.24, 2.45) is 5.73 Å². The van der Waals surface area contributed by atoms with Gasteiger partial charge in [0.1, 0.15) is 12.4 Å². The first-order valence-corrected chi connectivity index (χ1v) is 6.65. The lowest BCUT2D eigenvalue weighted by molar-refractivity contribution is 0.291. The van der Waals surface area contributed by atoms with Gasteiger partial charge >= 0.3 is 0 Å². The molecule has 0 saturated carbocycles. The Bertz CT molecular complexity index is 570.